The van der Waals surface area contributed by atoms with Crippen LogP contribution in [0.15, 0.2) is 23.2 Å². The molecule has 1 amide bonds. The summed E-state index contributed by atoms with van der Waals surface area (Å²) >= 11 is 0. The minimum absolute atomic E-state index is 0.166. The van der Waals surface area contributed by atoms with Crippen molar-refractivity contribution in [1.82, 2.24) is 9.97 Å². The summed E-state index contributed by atoms with van der Waals surface area (Å²) in [7, 11) is 3.89. The zero-order chi connectivity index (χ0) is 14.3. The fourth-order valence-corrected chi connectivity index (χ4v) is 2.20. The van der Waals surface area contributed by atoms with Crippen molar-refractivity contribution in [3.8, 4) is 11.4 Å². The monoisotopic (exact) mass is 269 g/mol. The van der Waals surface area contributed by atoms with E-state index < -0.39 is 0 Å². The lowest BCUT2D eigenvalue weighted by molar-refractivity contribution is -0.117. The first-order chi connectivity index (χ1) is 9.54. The first-order valence-corrected chi connectivity index (χ1v) is 6.29. The Morgan fingerprint density at radius 3 is 2.90 bits per heavy atom. The first-order valence-electron chi connectivity index (χ1n) is 6.29. The molecule has 1 aromatic heterocycles. The molecule has 3 rings (SSSR count). The highest BCUT2D eigenvalue weighted by Gasteiger charge is 2.13. The quantitative estimate of drug-likeness (QED) is 0.754. The van der Waals surface area contributed by atoms with Crippen LogP contribution in [0.5, 0.6) is 0 Å². The van der Waals surface area contributed by atoms with Crippen molar-refractivity contribution in [3.63, 3.8) is 0 Å². The van der Waals surface area contributed by atoms with E-state index in [4.69, 9.17) is 5.73 Å². The maximum Gasteiger partial charge on any atom is 0.251 e. The average Bonchev–Trinajstić information content (AvgIpc) is 2.81. The molecule has 0 saturated heterocycles. The van der Waals surface area contributed by atoms with Gasteiger partial charge in [0.1, 0.15) is 5.82 Å². The third-order valence-electron chi connectivity index (χ3n) is 3.18. The highest BCUT2D eigenvalue weighted by Crippen LogP contribution is 2.28. The zero-order valence-corrected chi connectivity index (χ0v) is 11.3. The van der Waals surface area contributed by atoms with E-state index in [-0.39, 0.29) is 5.91 Å². The van der Waals surface area contributed by atoms with Gasteiger partial charge >= 0.3 is 0 Å². The zero-order valence-electron chi connectivity index (χ0n) is 11.3. The van der Waals surface area contributed by atoms with Crippen molar-refractivity contribution < 1.29 is 4.79 Å². The summed E-state index contributed by atoms with van der Waals surface area (Å²) in [5.74, 6) is 0.522. The van der Waals surface area contributed by atoms with Gasteiger partial charge in [-0.1, -0.05) is 0 Å². The number of nitrogen functional groups attached to an aromatic ring is 1. The predicted molar refractivity (Wildman–Crippen MR) is 77.6 cm³/mol. The van der Waals surface area contributed by atoms with Crippen LogP contribution in [0.25, 0.3) is 17.5 Å². The summed E-state index contributed by atoms with van der Waals surface area (Å²) in [6, 6.07) is 5.63. The van der Waals surface area contributed by atoms with E-state index in [0.29, 0.717) is 23.4 Å². The molecule has 1 aromatic carbocycles. The SMILES string of the molecule is CN(C)c1cc(N)ccc1-c1nc2c([nH]1)=CCC(=O)N=2. The van der Waals surface area contributed by atoms with Gasteiger partial charge in [-0.05, 0) is 24.3 Å². The molecule has 0 fully saturated rings. The molecule has 0 saturated carbocycles. The van der Waals surface area contributed by atoms with Crippen LogP contribution < -0.4 is 21.5 Å². The van der Waals surface area contributed by atoms with Gasteiger partial charge in [-0.3, -0.25) is 4.79 Å². The summed E-state index contributed by atoms with van der Waals surface area (Å²) in [4.78, 5) is 24.8. The van der Waals surface area contributed by atoms with Crippen molar-refractivity contribution >= 4 is 23.4 Å². The summed E-state index contributed by atoms with van der Waals surface area (Å²) < 4.78 is 0. The lowest BCUT2D eigenvalue weighted by atomic mass is 10.1. The fourth-order valence-electron chi connectivity index (χ4n) is 2.20. The van der Waals surface area contributed by atoms with Gasteiger partial charge in [0.25, 0.3) is 5.91 Å². The molecule has 2 aromatic rings. The minimum atomic E-state index is -0.166. The number of nitrogens with zero attached hydrogens (tertiary/aromatic N) is 3. The molecule has 0 bridgehead atoms. The molecule has 2 heterocycles. The molecule has 3 N–H and O–H groups in total. The number of amides is 1. The number of hydrogen-bond donors (Lipinski definition) is 2. The van der Waals surface area contributed by atoms with E-state index in [1.54, 1.807) is 0 Å². The minimum Gasteiger partial charge on any atom is -0.399 e. The van der Waals surface area contributed by atoms with Crippen molar-refractivity contribution in [2.45, 2.75) is 6.42 Å². The molecule has 0 aliphatic carbocycles. The van der Waals surface area contributed by atoms with Gasteiger partial charge in [-0.15, -0.1) is 0 Å². The van der Waals surface area contributed by atoms with Gasteiger partial charge in [0, 0.05) is 37.5 Å². The number of fused-ring (bicyclic) bond motifs is 1. The largest absolute Gasteiger partial charge is 0.399 e. The molecular weight excluding hydrogens is 254 g/mol. The van der Waals surface area contributed by atoms with Gasteiger partial charge in [0.2, 0.25) is 0 Å². The average molecular weight is 269 g/mol. The molecular formula is C14H15N5O. The number of hydrogen-bond acceptors (Lipinski definition) is 4. The molecule has 0 unspecified atom stereocenters. The highest BCUT2D eigenvalue weighted by atomic mass is 16.1. The number of H-pyrrole nitrogens is 1. The third kappa shape index (κ3) is 2.05. The molecule has 6 heteroatoms. The lowest BCUT2D eigenvalue weighted by Crippen LogP contribution is -2.29. The number of nitrogens with one attached hydrogen (secondary N) is 1. The number of benzene rings is 1. The third-order valence-corrected chi connectivity index (χ3v) is 3.18. The van der Waals surface area contributed by atoms with E-state index in [9.17, 15) is 4.79 Å². The molecule has 1 aliphatic heterocycles. The molecule has 0 radical (unpaired) electrons. The Bertz CT molecular complexity index is 803. The number of carbonyl (C=O) groups is 1. The Kier molecular flexibility index (Phi) is 2.78. The normalized spacial score (nSPS) is 13.4. The fraction of sp³-hybridized carbons (Fsp3) is 0.214. The maximum absolute atomic E-state index is 11.3. The smallest absolute Gasteiger partial charge is 0.251 e. The van der Waals surface area contributed by atoms with Crippen LogP contribution in [-0.2, 0) is 4.79 Å². The molecule has 6 nitrogen and oxygen atoms in total. The predicted octanol–water partition coefficient (Wildman–Crippen LogP) is 0.0553. The second kappa shape index (κ2) is 4.48. The summed E-state index contributed by atoms with van der Waals surface area (Å²) in [6.45, 7) is 0. The van der Waals surface area contributed by atoms with Crippen LogP contribution in [0.1, 0.15) is 6.42 Å². The van der Waals surface area contributed by atoms with Gasteiger partial charge in [-0.2, -0.15) is 4.99 Å². The second-order valence-electron chi connectivity index (χ2n) is 4.91. The van der Waals surface area contributed by atoms with Crippen molar-refractivity contribution in [3.05, 3.63) is 29.0 Å². The Balaban J connectivity index is 2.21. The number of aromatic amines is 1. The van der Waals surface area contributed by atoms with E-state index >= 15 is 0 Å². The second-order valence-corrected chi connectivity index (χ2v) is 4.91. The number of rotatable bonds is 2. The van der Waals surface area contributed by atoms with E-state index in [0.717, 1.165) is 16.6 Å². The summed E-state index contributed by atoms with van der Waals surface area (Å²) in [5.41, 5.74) is 8.87. The molecule has 102 valence electrons. The van der Waals surface area contributed by atoms with Gasteiger partial charge in [0.15, 0.2) is 5.49 Å². The topological polar surface area (TPSA) is 87.4 Å². The standard InChI is InChI=1S/C14H15N5O/c1-19(2)11-7-8(15)3-4-9(11)13-16-10-5-6-12(20)17-14(10)18-13/h3-5,7H,6,15H2,1-2H3,(H,16,17,18,20). The van der Waals surface area contributed by atoms with Gasteiger partial charge in [0.05, 0.1) is 5.35 Å². The molecule has 0 atom stereocenters. The van der Waals surface area contributed by atoms with Crippen molar-refractivity contribution in [2.75, 3.05) is 24.7 Å². The van der Waals surface area contributed by atoms with Crippen LogP contribution in [0, 0.1) is 0 Å². The molecule has 0 spiro atoms. The maximum atomic E-state index is 11.3. The van der Waals surface area contributed by atoms with Crippen molar-refractivity contribution in [1.29, 1.82) is 0 Å². The van der Waals surface area contributed by atoms with Crippen molar-refractivity contribution in [2.24, 2.45) is 4.99 Å². The Morgan fingerprint density at radius 1 is 1.35 bits per heavy atom. The van der Waals surface area contributed by atoms with E-state index in [2.05, 4.69) is 15.0 Å². The molecule has 20 heavy (non-hydrogen) atoms. The van der Waals surface area contributed by atoms with Crippen LogP contribution in [0.4, 0.5) is 11.4 Å². The molecule has 1 aliphatic rings. The Labute approximate surface area is 115 Å². The number of aromatic nitrogens is 2. The first kappa shape index (κ1) is 12.4. The van der Waals surface area contributed by atoms with E-state index in [1.165, 1.54) is 0 Å². The number of imidazole rings is 1. The van der Waals surface area contributed by atoms with Crippen LogP contribution in [0.2, 0.25) is 0 Å². The Morgan fingerprint density at radius 2 is 2.15 bits per heavy atom. The van der Waals surface area contributed by atoms with Crippen LogP contribution in [-0.4, -0.2) is 30.0 Å². The van der Waals surface area contributed by atoms with E-state index in [1.807, 2.05) is 43.3 Å². The summed E-state index contributed by atoms with van der Waals surface area (Å²) in [5, 5.41) is 0.793. The summed E-state index contributed by atoms with van der Waals surface area (Å²) in [6.07, 6.45) is 2.13. The number of nitrogens with two attached hydrogens (primary N) is 1. The number of carbonyl (C=O) groups excluding carboxylic acids is 1. The van der Waals surface area contributed by atoms with Crippen LogP contribution in [0.3, 0.4) is 0 Å². The number of anilines is 2. The Hall–Kier alpha value is -2.63. The van der Waals surface area contributed by atoms with Gasteiger partial charge in [-0.25, -0.2) is 4.98 Å². The van der Waals surface area contributed by atoms with Crippen LogP contribution >= 0.6 is 0 Å². The highest BCUT2D eigenvalue weighted by molar-refractivity contribution is 5.83. The van der Waals surface area contributed by atoms with Gasteiger partial charge < -0.3 is 15.6 Å². The lowest BCUT2D eigenvalue weighted by Gasteiger charge is -2.16.